The highest BCUT2D eigenvalue weighted by Crippen LogP contribution is 2.43. The molecule has 0 radical (unpaired) electrons. The molecule has 6 heteroatoms. The smallest absolute Gasteiger partial charge is 0.293 e. The van der Waals surface area contributed by atoms with Crippen molar-refractivity contribution in [1.29, 1.82) is 0 Å². The van der Waals surface area contributed by atoms with Gasteiger partial charge in [0, 0.05) is 23.4 Å². The molecule has 0 aliphatic heterocycles. The lowest BCUT2D eigenvalue weighted by Crippen LogP contribution is -2.01. The van der Waals surface area contributed by atoms with Crippen molar-refractivity contribution in [1.82, 2.24) is 4.98 Å². The fourth-order valence-corrected chi connectivity index (χ4v) is 4.08. The number of nitrogens with zero attached hydrogens (tertiary/aromatic N) is 1. The average Bonchev–Trinajstić information content (AvgIpc) is 3.56. The largest absolute Gasteiger partial charge is 0.486 e. The second-order valence-corrected chi connectivity index (χ2v) is 7.82. The molecule has 0 spiro atoms. The lowest BCUT2D eigenvalue weighted by Gasteiger charge is -2.11. The Morgan fingerprint density at radius 1 is 1.31 bits per heavy atom. The SMILES string of the molecule is O=COC1CC1c1ccc(OCc2cccnc2SCC2CC2)c(F)c1. The molecule has 2 atom stereocenters. The highest BCUT2D eigenvalue weighted by molar-refractivity contribution is 7.99. The number of carbonyl (C=O) groups excluding carboxylic acids is 1. The van der Waals surface area contributed by atoms with Crippen LogP contribution in [0.2, 0.25) is 0 Å². The van der Waals surface area contributed by atoms with Crippen molar-refractivity contribution in [3.05, 3.63) is 53.5 Å². The van der Waals surface area contributed by atoms with Crippen LogP contribution >= 0.6 is 11.8 Å². The highest BCUT2D eigenvalue weighted by atomic mass is 32.2. The van der Waals surface area contributed by atoms with E-state index in [1.807, 2.05) is 18.2 Å². The van der Waals surface area contributed by atoms with E-state index in [0.29, 0.717) is 6.47 Å². The number of carbonyl (C=O) groups is 1. The van der Waals surface area contributed by atoms with Gasteiger partial charge in [-0.1, -0.05) is 12.1 Å². The van der Waals surface area contributed by atoms with E-state index >= 15 is 0 Å². The minimum atomic E-state index is -0.393. The number of rotatable bonds is 9. The van der Waals surface area contributed by atoms with Crippen LogP contribution in [0, 0.1) is 11.7 Å². The van der Waals surface area contributed by atoms with Crippen LogP contribution in [0.1, 0.15) is 36.3 Å². The Balaban J connectivity index is 1.38. The van der Waals surface area contributed by atoms with Crippen molar-refractivity contribution in [2.45, 2.75) is 42.9 Å². The van der Waals surface area contributed by atoms with Crippen LogP contribution in [0.25, 0.3) is 0 Å². The number of thioether (sulfide) groups is 1. The lowest BCUT2D eigenvalue weighted by atomic mass is 10.1. The van der Waals surface area contributed by atoms with Crippen LogP contribution in [-0.2, 0) is 16.1 Å². The third-order valence-electron chi connectivity index (χ3n) is 4.73. The summed E-state index contributed by atoms with van der Waals surface area (Å²) in [7, 11) is 0. The molecule has 0 saturated heterocycles. The molecule has 1 heterocycles. The molecule has 0 amide bonds. The van der Waals surface area contributed by atoms with Gasteiger partial charge in [-0.25, -0.2) is 9.37 Å². The molecule has 4 rings (SSSR count). The molecular formula is C20H20FNO3S. The quantitative estimate of drug-likeness (QED) is 0.484. The molecule has 2 aromatic rings. The highest BCUT2D eigenvalue weighted by Gasteiger charge is 2.40. The Morgan fingerprint density at radius 3 is 2.96 bits per heavy atom. The number of hydrogen-bond donors (Lipinski definition) is 0. The normalized spacial score (nSPS) is 21.3. The predicted molar refractivity (Wildman–Crippen MR) is 96.7 cm³/mol. The second kappa shape index (κ2) is 7.66. The monoisotopic (exact) mass is 373 g/mol. The van der Waals surface area contributed by atoms with Gasteiger partial charge in [0.25, 0.3) is 6.47 Å². The summed E-state index contributed by atoms with van der Waals surface area (Å²) in [5.41, 5.74) is 1.81. The minimum Gasteiger partial charge on any atom is -0.486 e. The van der Waals surface area contributed by atoms with Crippen molar-refractivity contribution in [2.24, 2.45) is 5.92 Å². The van der Waals surface area contributed by atoms with Gasteiger partial charge < -0.3 is 9.47 Å². The maximum absolute atomic E-state index is 14.4. The average molecular weight is 373 g/mol. The Hall–Kier alpha value is -2.08. The maximum Gasteiger partial charge on any atom is 0.293 e. The van der Waals surface area contributed by atoms with Gasteiger partial charge in [-0.05, 0) is 48.9 Å². The summed E-state index contributed by atoms with van der Waals surface area (Å²) in [5.74, 6) is 1.82. The zero-order valence-corrected chi connectivity index (χ0v) is 15.1. The number of benzene rings is 1. The van der Waals surface area contributed by atoms with Crippen LogP contribution in [-0.4, -0.2) is 23.3 Å². The molecule has 4 nitrogen and oxygen atoms in total. The lowest BCUT2D eigenvalue weighted by molar-refractivity contribution is -0.129. The Kier molecular flexibility index (Phi) is 5.11. The Labute approximate surface area is 156 Å². The summed E-state index contributed by atoms with van der Waals surface area (Å²) < 4.78 is 25.0. The zero-order chi connectivity index (χ0) is 17.9. The van der Waals surface area contributed by atoms with Crippen molar-refractivity contribution in [3.63, 3.8) is 0 Å². The second-order valence-electron chi connectivity index (χ2n) is 6.81. The van der Waals surface area contributed by atoms with Gasteiger partial charge in [-0.15, -0.1) is 11.8 Å². The molecule has 2 aliphatic carbocycles. The van der Waals surface area contributed by atoms with Gasteiger partial charge in [-0.3, -0.25) is 4.79 Å². The van der Waals surface area contributed by atoms with Gasteiger partial charge >= 0.3 is 0 Å². The summed E-state index contributed by atoms with van der Waals surface area (Å²) in [6.07, 6.45) is 5.02. The molecular weight excluding hydrogens is 353 g/mol. The van der Waals surface area contributed by atoms with E-state index in [1.165, 1.54) is 18.9 Å². The summed E-state index contributed by atoms with van der Waals surface area (Å²) in [6, 6.07) is 8.80. The Bertz CT molecular complexity index is 796. The van der Waals surface area contributed by atoms with Crippen LogP contribution in [0.3, 0.4) is 0 Å². The van der Waals surface area contributed by atoms with Crippen molar-refractivity contribution >= 4 is 18.2 Å². The van der Waals surface area contributed by atoms with E-state index in [4.69, 9.17) is 9.47 Å². The molecule has 2 aliphatic rings. The van der Waals surface area contributed by atoms with Crippen molar-refractivity contribution in [3.8, 4) is 5.75 Å². The number of hydrogen-bond acceptors (Lipinski definition) is 5. The van der Waals surface area contributed by atoms with E-state index in [-0.39, 0.29) is 24.4 Å². The summed E-state index contributed by atoms with van der Waals surface area (Å²) in [6.45, 7) is 0.739. The first kappa shape index (κ1) is 17.3. The maximum atomic E-state index is 14.4. The van der Waals surface area contributed by atoms with E-state index in [0.717, 1.165) is 34.2 Å². The van der Waals surface area contributed by atoms with Crippen LogP contribution in [0.4, 0.5) is 4.39 Å². The predicted octanol–water partition coefficient (Wildman–Crippen LogP) is 4.33. The van der Waals surface area contributed by atoms with Crippen molar-refractivity contribution < 1.29 is 18.7 Å². The van der Waals surface area contributed by atoms with E-state index in [9.17, 15) is 9.18 Å². The number of halogens is 1. The first-order valence-electron chi connectivity index (χ1n) is 8.82. The molecule has 1 aromatic heterocycles. The Morgan fingerprint density at radius 2 is 2.19 bits per heavy atom. The minimum absolute atomic E-state index is 0.0903. The first-order valence-corrected chi connectivity index (χ1v) is 9.81. The van der Waals surface area contributed by atoms with Gasteiger partial charge in [0.15, 0.2) is 11.6 Å². The summed E-state index contributed by atoms with van der Waals surface area (Å²) in [4.78, 5) is 14.8. The van der Waals surface area contributed by atoms with E-state index < -0.39 is 5.82 Å². The molecule has 1 aromatic carbocycles. The summed E-state index contributed by atoms with van der Waals surface area (Å²) in [5, 5.41) is 0.961. The molecule has 2 unspecified atom stereocenters. The molecule has 2 saturated carbocycles. The molecule has 0 bridgehead atoms. The number of pyridine rings is 1. The third kappa shape index (κ3) is 4.18. The third-order valence-corrected chi connectivity index (χ3v) is 6.01. The van der Waals surface area contributed by atoms with E-state index in [2.05, 4.69) is 4.98 Å². The zero-order valence-electron chi connectivity index (χ0n) is 14.3. The van der Waals surface area contributed by atoms with E-state index in [1.54, 1.807) is 24.0 Å². The van der Waals surface area contributed by atoms with Gasteiger partial charge in [0.2, 0.25) is 0 Å². The molecule has 136 valence electrons. The summed E-state index contributed by atoms with van der Waals surface area (Å²) >= 11 is 1.75. The number of ether oxygens (including phenoxy) is 2. The molecule has 2 fully saturated rings. The first-order chi connectivity index (χ1) is 12.7. The fraction of sp³-hybridized carbons (Fsp3) is 0.400. The van der Waals surface area contributed by atoms with Crippen LogP contribution in [0.5, 0.6) is 5.75 Å². The molecule has 26 heavy (non-hydrogen) atoms. The van der Waals surface area contributed by atoms with Gasteiger partial charge in [0.1, 0.15) is 17.7 Å². The van der Waals surface area contributed by atoms with Crippen molar-refractivity contribution in [2.75, 3.05) is 5.75 Å². The van der Waals surface area contributed by atoms with Gasteiger partial charge in [0.05, 0.1) is 0 Å². The topological polar surface area (TPSA) is 48.4 Å². The van der Waals surface area contributed by atoms with Crippen LogP contribution in [0.15, 0.2) is 41.6 Å². The fourth-order valence-electron chi connectivity index (χ4n) is 2.91. The van der Waals surface area contributed by atoms with Crippen LogP contribution < -0.4 is 4.74 Å². The molecule has 0 N–H and O–H groups in total. The standard InChI is InChI=1S/C20H20FNO3S/c21-17-8-14(16-9-19(16)25-12-23)5-6-18(17)24-10-15-2-1-7-22-20(15)26-11-13-3-4-13/h1-2,5-8,12-13,16,19H,3-4,9-11H2. The van der Waals surface area contributed by atoms with Gasteiger partial charge in [-0.2, -0.15) is 0 Å². The number of aromatic nitrogens is 1.